The molecule has 0 aromatic heterocycles. The summed E-state index contributed by atoms with van der Waals surface area (Å²) in [5.74, 6) is -1.84. The van der Waals surface area contributed by atoms with Crippen LogP contribution in [-0.4, -0.2) is 29.6 Å². The van der Waals surface area contributed by atoms with Gasteiger partial charge in [-0.05, 0) is 33.0 Å². The molecule has 1 fully saturated rings. The molecular weight excluding hydrogens is 236 g/mol. The van der Waals surface area contributed by atoms with Crippen molar-refractivity contribution in [2.75, 3.05) is 14.1 Å². The van der Waals surface area contributed by atoms with Crippen LogP contribution in [0.1, 0.15) is 37.4 Å². The SMILES string of the molecule is CN(C)C1(C(O)c2cccc(F)c2F)CCCC1. The molecule has 1 aromatic rings. The summed E-state index contributed by atoms with van der Waals surface area (Å²) in [4.78, 5) is 1.94. The van der Waals surface area contributed by atoms with Crippen LogP contribution >= 0.6 is 0 Å². The van der Waals surface area contributed by atoms with Gasteiger partial charge in [0.2, 0.25) is 0 Å². The van der Waals surface area contributed by atoms with Gasteiger partial charge in [0.05, 0.1) is 5.54 Å². The Morgan fingerprint density at radius 3 is 2.39 bits per heavy atom. The molecule has 1 aliphatic carbocycles. The summed E-state index contributed by atoms with van der Waals surface area (Å²) in [6, 6.07) is 3.98. The Morgan fingerprint density at radius 1 is 1.22 bits per heavy atom. The molecule has 1 aliphatic rings. The molecule has 1 saturated carbocycles. The van der Waals surface area contributed by atoms with Crippen LogP contribution in [0.15, 0.2) is 18.2 Å². The summed E-state index contributed by atoms with van der Waals surface area (Å²) in [5.41, 5.74) is -0.417. The maximum absolute atomic E-state index is 13.8. The highest BCUT2D eigenvalue weighted by atomic mass is 19.2. The lowest BCUT2D eigenvalue weighted by atomic mass is 9.84. The number of aliphatic hydroxyl groups excluding tert-OH is 1. The summed E-state index contributed by atoms with van der Waals surface area (Å²) in [6.45, 7) is 0. The minimum absolute atomic E-state index is 0.0607. The molecule has 0 heterocycles. The van der Waals surface area contributed by atoms with Crippen LogP contribution in [0, 0.1) is 11.6 Å². The highest BCUT2D eigenvalue weighted by Crippen LogP contribution is 2.43. The number of halogens is 2. The van der Waals surface area contributed by atoms with Gasteiger partial charge in [-0.3, -0.25) is 0 Å². The van der Waals surface area contributed by atoms with Gasteiger partial charge in [0.15, 0.2) is 11.6 Å². The molecule has 18 heavy (non-hydrogen) atoms. The molecular formula is C14H19F2NO. The van der Waals surface area contributed by atoms with Gasteiger partial charge in [-0.1, -0.05) is 25.0 Å². The van der Waals surface area contributed by atoms with Crippen molar-refractivity contribution in [1.29, 1.82) is 0 Å². The second-order valence-corrected chi connectivity index (χ2v) is 5.25. The van der Waals surface area contributed by atoms with Gasteiger partial charge in [0, 0.05) is 5.56 Å². The Bertz CT molecular complexity index is 428. The standard InChI is InChI=1S/C14H19F2NO/c1-17(2)14(8-3-4-9-14)13(18)10-6-5-7-11(15)12(10)16/h5-7,13,18H,3-4,8-9H2,1-2H3. The summed E-state index contributed by atoms with van der Waals surface area (Å²) < 4.78 is 27.0. The first kappa shape index (κ1) is 13.4. The van der Waals surface area contributed by atoms with Gasteiger partial charge in [0.1, 0.15) is 6.10 Å². The topological polar surface area (TPSA) is 23.5 Å². The maximum Gasteiger partial charge on any atom is 0.164 e. The van der Waals surface area contributed by atoms with Crippen LogP contribution in [0.5, 0.6) is 0 Å². The van der Waals surface area contributed by atoms with E-state index in [-0.39, 0.29) is 5.56 Å². The first-order valence-electron chi connectivity index (χ1n) is 6.28. The van der Waals surface area contributed by atoms with Crippen molar-refractivity contribution in [1.82, 2.24) is 4.90 Å². The van der Waals surface area contributed by atoms with E-state index in [9.17, 15) is 13.9 Å². The van der Waals surface area contributed by atoms with E-state index in [1.165, 1.54) is 12.1 Å². The van der Waals surface area contributed by atoms with Crippen molar-refractivity contribution in [2.45, 2.75) is 37.3 Å². The zero-order valence-electron chi connectivity index (χ0n) is 10.8. The highest BCUT2D eigenvalue weighted by molar-refractivity contribution is 5.25. The zero-order valence-corrected chi connectivity index (χ0v) is 10.8. The second-order valence-electron chi connectivity index (χ2n) is 5.25. The van der Waals surface area contributed by atoms with Crippen LogP contribution in [0.3, 0.4) is 0 Å². The lowest BCUT2D eigenvalue weighted by Gasteiger charge is -2.40. The Labute approximate surface area is 106 Å². The van der Waals surface area contributed by atoms with Gasteiger partial charge >= 0.3 is 0 Å². The van der Waals surface area contributed by atoms with E-state index in [1.54, 1.807) is 0 Å². The average molecular weight is 255 g/mol. The van der Waals surface area contributed by atoms with Crippen LogP contribution in [0.25, 0.3) is 0 Å². The first-order chi connectivity index (χ1) is 8.49. The van der Waals surface area contributed by atoms with Crippen molar-refractivity contribution in [3.8, 4) is 0 Å². The Hall–Kier alpha value is -1.00. The van der Waals surface area contributed by atoms with Crippen molar-refractivity contribution in [3.63, 3.8) is 0 Å². The molecule has 0 spiro atoms. The molecule has 1 unspecified atom stereocenters. The van der Waals surface area contributed by atoms with Gasteiger partial charge < -0.3 is 10.0 Å². The predicted molar refractivity (Wildman–Crippen MR) is 66.2 cm³/mol. The smallest absolute Gasteiger partial charge is 0.164 e. The fraction of sp³-hybridized carbons (Fsp3) is 0.571. The Balaban J connectivity index is 2.40. The Kier molecular flexibility index (Phi) is 3.69. The van der Waals surface area contributed by atoms with Crippen molar-refractivity contribution < 1.29 is 13.9 Å². The molecule has 2 nitrogen and oxygen atoms in total. The molecule has 2 rings (SSSR count). The lowest BCUT2D eigenvalue weighted by Crippen LogP contribution is -2.47. The normalized spacial score (nSPS) is 20.3. The minimum Gasteiger partial charge on any atom is -0.386 e. The number of hydrogen-bond acceptors (Lipinski definition) is 2. The molecule has 0 bridgehead atoms. The van der Waals surface area contributed by atoms with E-state index in [0.717, 1.165) is 31.7 Å². The lowest BCUT2D eigenvalue weighted by molar-refractivity contribution is -0.00706. The number of rotatable bonds is 3. The first-order valence-corrected chi connectivity index (χ1v) is 6.28. The van der Waals surface area contributed by atoms with E-state index in [2.05, 4.69) is 0 Å². The van der Waals surface area contributed by atoms with Crippen LogP contribution in [-0.2, 0) is 0 Å². The van der Waals surface area contributed by atoms with Crippen LogP contribution in [0.2, 0.25) is 0 Å². The third-order valence-corrected chi connectivity index (χ3v) is 4.15. The second kappa shape index (κ2) is 4.94. The summed E-state index contributed by atoms with van der Waals surface area (Å²) >= 11 is 0. The summed E-state index contributed by atoms with van der Waals surface area (Å²) in [5, 5.41) is 10.5. The quantitative estimate of drug-likeness (QED) is 0.897. The molecule has 100 valence electrons. The Morgan fingerprint density at radius 2 is 1.83 bits per heavy atom. The van der Waals surface area contributed by atoms with Crippen molar-refractivity contribution in [2.24, 2.45) is 0 Å². The van der Waals surface area contributed by atoms with E-state index in [0.29, 0.717) is 0 Å². The number of hydrogen-bond donors (Lipinski definition) is 1. The van der Waals surface area contributed by atoms with E-state index >= 15 is 0 Å². The predicted octanol–water partition coefficient (Wildman–Crippen LogP) is 2.87. The van der Waals surface area contributed by atoms with E-state index in [1.807, 2.05) is 19.0 Å². The largest absolute Gasteiger partial charge is 0.386 e. The van der Waals surface area contributed by atoms with Gasteiger partial charge in [-0.2, -0.15) is 0 Å². The monoisotopic (exact) mass is 255 g/mol. The maximum atomic E-state index is 13.8. The van der Waals surface area contributed by atoms with Crippen LogP contribution < -0.4 is 0 Å². The highest BCUT2D eigenvalue weighted by Gasteiger charge is 2.44. The molecule has 1 atom stereocenters. The summed E-state index contributed by atoms with van der Waals surface area (Å²) in [6.07, 6.45) is 2.62. The summed E-state index contributed by atoms with van der Waals surface area (Å²) in [7, 11) is 3.76. The molecule has 0 radical (unpaired) electrons. The van der Waals surface area contributed by atoms with Crippen molar-refractivity contribution in [3.05, 3.63) is 35.4 Å². The minimum atomic E-state index is -0.995. The van der Waals surface area contributed by atoms with Crippen LogP contribution in [0.4, 0.5) is 8.78 Å². The van der Waals surface area contributed by atoms with E-state index in [4.69, 9.17) is 0 Å². The number of nitrogens with zero attached hydrogens (tertiary/aromatic N) is 1. The third kappa shape index (κ3) is 2.04. The van der Waals surface area contributed by atoms with Gasteiger partial charge in [0.25, 0.3) is 0 Å². The molecule has 0 amide bonds. The number of benzene rings is 1. The number of aliphatic hydroxyl groups is 1. The van der Waals surface area contributed by atoms with Gasteiger partial charge in [-0.15, -0.1) is 0 Å². The van der Waals surface area contributed by atoms with Crippen molar-refractivity contribution >= 4 is 0 Å². The third-order valence-electron chi connectivity index (χ3n) is 4.15. The fourth-order valence-electron chi connectivity index (χ4n) is 2.97. The molecule has 0 saturated heterocycles. The average Bonchev–Trinajstić information content (AvgIpc) is 2.82. The fourth-order valence-corrected chi connectivity index (χ4v) is 2.97. The van der Waals surface area contributed by atoms with E-state index < -0.39 is 23.3 Å². The molecule has 1 N–H and O–H groups in total. The number of likely N-dealkylation sites (N-methyl/N-ethyl adjacent to an activating group) is 1. The zero-order chi connectivity index (χ0) is 13.3. The molecule has 4 heteroatoms. The molecule has 0 aliphatic heterocycles. The molecule has 1 aromatic carbocycles. The van der Waals surface area contributed by atoms with Gasteiger partial charge in [-0.25, -0.2) is 8.78 Å².